The summed E-state index contributed by atoms with van der Waals surface area (Å²) in [4.78, 5) is 13.0. The first-order valence-electron chi connectivity index (χ1n) is 8.74. The Kier molecular flexibility index (Phi) is 5.83. The van der Waals surface area contributed by atoms with Gasteiger partial charge in [-0.05, 0) is 37.1 Å². The fourth-order valence-corrected chi connectivity index (χ4v) is 2.98. The van der Waals surface area contributed by atoms with E-state index < -0.39 is 6.10 Å². The number of piperazine rings is 1. The highest BCUT2D eigenvalue weighted by molar-refractivity contribution is 5.36. The second kappa shape index (κ2) is 8.27. The monoisotopic (exact) mass is 342 g/mol. The Morgan fingerprint density at radius 3 is 2.56 bits per heavy atom. The molecule has 1 aromatic heterocycles. The molecular weight excluding hydrogens is 316 g/mol. The van der Waals surface area contributed by atoms with Crippen LogP contribution < -0.4 is 9.64 Å². The van der Waals surface area contributed by atoms with E-state index in [2.05, 4.69) is 25.8 Å². The van der Waals surface area contributed by atoms with E-state index in [9.17, 15) is 5.11 Å². The standard InChI is InChI=1S/C19H26N4O2/c1-15-4-5-16(2)18(12-15)25-14-17(24)13-22-8-10-23(11-9-22)19-20-6-3-7-21-19/h3-7,12,17,24H,8-11,13-14H2,1-2H3. The summed E-state index contributed by atoms with van der Waals surface area (Å²) in [5.74, 6) is 1.63. The molecule has 1 atom stereocenters. The minimum absolute atomic E-state index is 0.312. The number of aryl methyl sites for hydroxylation is 2. The summed E-state index contributed by atoms with van der Waals surface area (Å²) < 4.78 is 5.80. The van der Waals surface area contributed by atoms with E-state index in [0.29, 0.717) is 13.2 Å². The molecule has 0 bridgehead atoms. The first kappa shape index (κ1) is 17.6. The normalized spacial score (nSPS) is 16.7. The molecule has 1 fully saturated rings. The van der Waals surface area contributed by atoms with Gasteiger partial charge in [0.15, 0.2) is 0 Å². The summed E-state index contributed by atoms with van der Waals surface area (Å²) in [5.41, 5.74) is 2.25. The maximum atomic E-state index is 10.3. The molecule has 0 spiro atoms. The van der Waals surface area contributed by atoms with Gasteiger partial charge in [0.2, 0.25) is 5.95 Å². The SMILES string of the molecule is Cc1ccc(C)c(OCC(O)CN2CCN(c3ncccn3)CC2)c1. The molecule has 1 aromatic carbocycles. The third-order valence-electron chi connectivity index (χ3n) is 4.45. The zero-order valence-corrected chi connectivity index (χ0v) is 14.9. The molecule has 1 N–H and O–H groups in total. The zero-order chi connectivity index (χ0) is 17.6. The van der Waals surface area contributed by atoms with Gasteiger partial charge in [0.1, 0.15) is 18.5 Å². The largest absolute Gasteiger partial charge is 0.491 e. The molecule has 1 saturated heterocycles. The lowest BCUT2D eigenvalue weighted by Gasteiger charge is -2.35. The van der Waals surface area contributed by atoms with Crippen molar-refractivity contribution in [2.24, 2.45) is 0 Å². The van der Waals surface area contributed by atoms with Gasteiger partial charge in [-0.1, -0.05) is 12.1 Å². The molecule has 6 heteroatoms. The molecule has 1 aliphatic heterocycles. The molecule has 25 heavy (non-hydrogen) atoms. The Bertz CT molecular complexity index is 672. The summed E-state index contributed by atoms with van der Waals surface area (Å²) in [6, 6.07) is 7.95. The van der Waals surface area contributed by atoms with E-state index in [1.807, 2.05) is 32.0 Å². The average Bonchev–Trinajstić information content (AvgIpc) is 2.64. The quantitative estimate of drug-likeness (QED) is 0.861. The Morgan fingerprint density at radius 1 is 1.12 bits per heavy atom. The van der Waals surface area contributed by atoms with Crippen LogP contribution in [0.2, 0.25) is 0 Å². The summed E-state index contributed by atoms with van der Waals surface area (Å²) in [6.07, 6.45) is 3.03. The van der Waals surface area contributed by atoms with Crippen molar-refractivity contribution in [3.63, 3.8) is 0 Å². The van der Waals surface area contributed by atoms with E-state index in [1.165, 1.54) is 0 Å². The number of aromatic nitrogens is 2. The van der Waals surface area contributed by atoms with Gasteiger partial charge in [-0.15, -0.1) is 0 Å². The molecule has 0 saturated carbocycles. The lowest BCUT2D eigenvalue weighted by Crippen LogP contribution is -2.49. The van der Waals surface area contributed by atoms with Gasteiger partial charge in [-0.2, -0.15) is 0 Å². The van der Waals surface area contributed by atoms with Crippen molar-refractivity contribution in [2.75, 3.05) is 44.2 Å². The van der Waals surface area contributed by atoms with E-state index >= 15 is 0 Å². The highest BCUT2D eigenvalue weighted by Gasteiger charge is 2.21. The molecule has 0 amide bonds. The average molecular weight is 342 g/mol. The number of benzene rings is 1. The van der Waals surface area contributed by atoms with Gasteiger partial charge < -0.3 is 14.7 Å². The Balaban J connectivity index is 1.43. The minimum Gasteiger partial charge on any atom is -0.491 e. The maximum Gasteiger partial charge on any atom is 0.225 e. The van der Waals surface area contributed by atoms with Crippen molar-refractivity contribution >= 4 is 5.95 Å². The number of β-amino-alcohol motifs (C(OH)–C–C–N with tert-alkyl or cyclic N) is 1. The smallest absolute Gasteiger partial charge is 0.225 e. The fourth-order valence-electron chi connectivity index (χ4n) is 2.98. The van der Waals surface area contributed by atoms with E-state index in [1.54, 1.807) is 12.4 Å². The Hall–Kier alpha value is -2.18. The second-order valence-corrected chi connectivity index (χ2v) is 6.57. The summed E-state index contributed by atoms with van der Waals surface area (Å²) in [6.45, 7) is 8.51. The van der Waals surface area contributed by atoms with Gasteiger partial charge in [0.25, 0.3) is 0 Å². The van der Waals surface area contributed by atoms with Gasteiger partial charge in [0, 0.05) is 45.1 Å². The van der Waals surface area contributed by atoms with Crippen molar-refractivity contribution < 1.29 is 9.84 Å². The number of rotatable bonds is 6. The molecule has 0 aliphatic carbocycles. The highest BCUT2D eigenvalue weighted by atomic mass is 16.5. The van der Waals surface area contributed by atoms with Gasteiger partial charge >= 0.3 is 0 Å². The van der Waals surface area contributed by atoms with Gasteiger partial charge in [-0.3, -0.25) is 4.90 Å². The van der Waals surface area contributed by atoms with Crippen LogP contribution in [0.3, 0.4) is 0 Å². The highest BCUT2D eigenvalue weighted by Crippen LogP contribution is 2.19. The predicted molar refractivity (Wildman–Crippen MR) is 98.1 cm³/mol. The van der Waals surface area contributed by atoms with Crippen molar-refractivity contribution in [3.05, 3.63) is 47.8 Å². The molecule has 2 heterocycles. The molecule has 0 radical (unpaired) electrons. The Morgan fingerprint density at radius 2 is 1.84 bits per heavy atom. The van der Waals surface area contributed by atoms with Crippen LogP contribution in [0, 0.1) is 13.8 Å². The summed E-state index contributed by atoms with van der Waals surface area (Å²) >= 11 is 0. The lowest BCUT2D eigenvalue weighted by atomic mass is 10.1. The molecule has 1 aliphatic rings. The van der Waals surface area contributed by atoms with Gasteiger partial charge in [-0.25, -0.2) is 9.97 Å². The van der Waals surface area contributed by atoms with Crippen molar-refractivity contribution in [1.82, 2.24) is 14.9 Å². The minimum atomic E-state index is -0.501. The first-order valence-corrected chi connectivity index (χ1v) is 8.74. The predicted octanol–water partition coefficient (Wildman–Crippen LogP) is 1.66. The van der Waals surface area contributed by atoms with Crippen LogP contribution in [0.1, 0.15) is 11.1 Å². The van der Waals surface area contributed by atoms with Gasteiger partial charge in [0.05, 0.1) is 0 Å². The second-order valence-electron chi connectivity index (χ2n) is 6.57. The zero-order valence-electron chi connectivity index (χ0n) is 14.9. The molecular formula is C19H26N4O2. The number of aliphatic hydroxyl groups excluding tert-OH is 1. The number of hydrogen-bond acceptors (Lipinski definition) is 6. The van der Waals surface area contributed by atoms with Crippen LogP contribution in [0.15, 0.2) is 36.7 Å². The molecule has 3 rings (SSSR count). The molecule has 1 unspecified atom stereocenters. The topological polar surface area (TPSA) is 61.7 Å². The summed E-state index contributed by atoms with van der Waals surface area (Å²) in [5, 5.41) is 10.3. The van der Waals surface area contributed by atoms with Crippen molar-refractivity contribution in [1.29, 1.82) is 0 Å². The van der Waals surface area contributed by atoms with Crippen molar-refractivity contribution in [3.8, 4) is 5.75 Å². The Labute approximate surface area is 149 Å². The fraction of sp³-hybridized carbons (Fsp3) is 0.474. The first-order chi connectivity index (χ1) is 12.1. The van der Waals surface area contributed by atoms with Crippen LogP contribution >= 0.6 is 0 Å². The van der Waals surface area contributed by atoms with Crippen LogP contribution in [0.5, 0.6) is 5.75 Å². The number of ether oxygens (including phenoxy) is 1. The van der Waals surface area contributed by atoms with Crippen LogP contribution in [-0.2, 0) is 0 Å². The number of nitrogens with zero attached hydrogens (tertiary/aromatic N) is 4. The van der Waals surface area contributed by atoms with E-state index in [-0.39, 0.29) is 0 Å². The number of hydrogen-bond donors (Lipinski definition) is 1. The van der Waals surface area contributed by atoms with Crippen LogP contribution in [0.25, 0.3) is 0 Å². The lowest BCUT2D eigenvalue weighted by molar-refractivity contribution is 0.0659. The molecule has 134 valence electrons. The number of anilines is 1. The number of aliphatic hydroxyl groups is 1. The van der Waals surface area contributed by atoms with Crippen LogP contribution in [-0.4, -0.2) is 65.4 Å². The maximum absolute atomic E-state index is 10.3. The summed E-state index contributed by atoms with van der Waals surface area (Å²) in [7, 11) is 0. The van der Waals surface area contributed by atoms with Crippen LogP contribution in [0.4, 0.5) is 5.95 Å². The third-order valence-corrected chi connectivity index (χ3v) is 4.45. The van der Waals surface area contributed by atoms with E-state index in [4.69, 9.17) is 4.74 Å². The van der Waals surface area contributed by atoms with Crippen molar-refractivity contribution in [2.45, 2.75) is 20.0 Å². The molecule has 6 nitrogen and oxygen atoms in total. The molecule has 2 aromatic rings. The van der Waals surface area contributed by atoms with E-state index in [0.717, 1.165) is 49.0 Å². The third kappa shape index (κ3) is 4.90.